The van der Waals surface area contributed by atoms with Gasteiger partial charge in [-0.2, -0.15) is 0 Å². The number of phenols is 1. The Balaban J connectivity index is 0.00000289. The summed E-state index contributed by atoms with van der Waals surface area (Å²) >= 11 is 0. The van der Waals surface area contributed by atoms with Crippen molar-refractivity contribution < 1.29 is 19.0 Å². The van der Waals surface area contributed by atoms with Crippen LogP contribution in [0.1, 0.15) is 62.6 Å². The Morgan fingerprint density at radius 2 is 1.83 bits per heavy atom. The third kappa shape index (κ3) is 6.07. The number of nitrogens with zero attached hydrogens (tertiary/aromatic N) is 1. The molecule has 2 aromatic carbocycles. The largest absolute Gasteiger partial charge is 0.508 e. The Kier molecular flexibility index (Phi) is 8.85. The maximum Gasteiger partial charge on any atom is 0.119 e. The topological polar surface area (TPSA) is 41.9 Å². The molecule has 5 rings (SSSR count). The van der Waals surface area contributed by atoms with Gasteiger partial charge in [0.25, 0.3) is 0 Å². The number of phenolic OH excluding ortho intramolecular Hbond substituents is 1. The van der Waals surface area contributed by atoms with E-state index in [0.29, 0.717) is 18.1 Å². The number of hydrogen-bond acceptors (Lipinski definition) is 4. The summed E-state index contributed by atoms with van der Waals surface area (Å²) in [6, 6.07) is 14.4. The fourth-order valence-electron chi connectivity index (χ4n) is 5.87. The van der Waals surface area contributed by atoms with E-state index in [9.17, 15) is 9.50 Å². The summed E-state index contributed by atoms with van der Waals surface area (Å²) in [5.41, 5.74) is 6.59. The normalized spacial score (nSPS) is 21.3. The zero-order chi connectivity index (χ0) is 23.3. The van der Waals surface area contributed by atoms with Gasteiger partial charge >= 0.3 is 0 Å². The van der Waals surface area contributed by atoms with E-state index in [4.69, 9.17) is 9.47 Å². The molecule has 0 amide bonds. The smallest absolute Gasteiger partial charge is 0.119 e. The van der Waals surface area contributed by atoms with Crippen molar-refractivity contribution in [3.8, 4) is 11.5 Å². The Labute approximate surface area is 209 Å². The van der Waals surface area contributed by atoms with Crippen LogP contribution < -0.4 is 4.74 Å². The Morgan fingerprint density at radius 1 is 1.03 bits per heavy atom. The van der Waals surface area contributed by atoms with Crippen molar-refractivity contribution in [2.45, 2.75) is 58.5 Å². The number of hydrogen-bond donors (Lipinski definition) is 1. The molecule has 2 fully saturated rings. The summed E-state index contributed by atoms with van der Waals surface area (Å²) in [4.78, 5) is 2.29. The molecule has 3 aliphatic rings. The molecule has 1 aliphatic carbocycles. The molecule has 0 unspecified atom stereocenters. The van der Waals surface area contributed by atoms with E-state index in [0.717, 1.165) is 77.1 Å². The molecule has 0 spiro atoms. The van der Waals surface area contributed by atoms with Crippen molar-refractivity contribution >= 4 is 5.57 Å². The van der Waals surface area contributed by atoms with Gasteiger partial charge in [-0.05, 0) is 97.4 Å². The summed E-state index contributed by atoms with van der Waals surface area (Å²) in [6.45, 7) is 4.08. The van der Waals surface area contributed by atoms with E-state index >= 15 is 0 Å². The van der Waals surface area contributed by atoms with E-state index < -0.39 is 0 Å². The lowest BCUT2D eigenvalue weighted by Crippen LogP contribution is -2.26. The van der Waals surface area contributed by atoms with Crippen LogP contribution in [-0.4, -0.2) is 55.6 Å². The number of halogens is 1. The van der Waals surface area contributed by atoms with E-state index in [1.54, 1.807) is 5.57 Å². The molecule has 2 aliphatic heterocycles. The molecule has 0 radical (unpaired) electrons. The van der Waals surface area contributed by atoms with Crippen LogP contribution in [-0.2, 0) is 11.2 Å². The number of benzene rings is 2. The fraction of sp³-hybridized carbons (Fsp3) is 0.533. The van der Waals surface area contributed by atoms with Gasteiger partial charge in [-0.25, -0.2) is 0 Å². The number of aromatic hydroxyl groups is 1. The SMILES string of the molecule is C.Oc1ccc2c(c1)CCCC(C1CCOCC1)=C2c1ccc(O[C@H]2CCN(CCCF)C2)cc1. The molecule has 0 aromatic heterocycles. The predicted molar refractivity (Wildman–Crippen MR) is 140 cm³/mol. The first-order valence-electron chi connectivity index (χ1n) is 12.9. The first-order valence-corrected chi connectivity index (χ1v) is 12.9. The first kappa shape index (κ1) is 25.7. The number of ether oxygens (including phenoxy) is 2. The quantitative estimate of drug-likeness (QED) is 0.496. The number of aryl methyl sites for hydroxylation is 1. The van der Waals surface area contributed by atoms with E-state index in [1.165, 1.54) is 22.3 Å². The summed E-state index contributed by atoms with van der Waals surface area (Å²) in [7, 11) is 0. The minimum Gasteiger partial charge on any atom is -0.508 e. The molecule has 2 heterocycles. The molecule has 0 bridgehead atoms. The van der Waals surface area contributed by atoms with Gasteiger partial charge in [-0.1, -0.05) is 31.2 Å². The number of alkyl halides is 1. The highest BCUT2D eigenvalue weighted by Crippen LogP contribution is 2.42. The van der Waals surface area contributed by atoms with Gasteiger partial charge in [-0.15, -0.1) is 0 Å². The standard InChI is InChI=1S/C29H36FNO3.CH4/c30-14-2-15-31-16-11-26(20-31)34-25-8-5-22(6-9-25)29-27(21-12-17-33-18-13-21)4-1-3-23-19-24(32)7-10-28(23)29;/h5-10,19,21,26,32H,1-4,11-18,20H2;1H4/t26-;/m0./s1. The lowest BCUT2D eigenvalue weighted by atomic mass is 9.82. The lowest BCUT2D eigenvalue weighted by Gasteiger charge is -2.27. The molecule has 1 N–H and O–H groups in total. The second kappa shape index (κ2) is 12.0. The van der Waals surface area contributed by atoms with Gasteiger partial charge in [0.15, 0.2) is 0 Å². The second-order valence-electron chi connectivity index (χ2n) is 9.88. The minimum absolute atomic E-state index is 0. The Bertz CT molecular complexity index is 997. The maximum atomic E-state index is 12.5. The number of fused-ring (bicyclic) bond motifs is 1. The predicted octanol–water partition coefficient (Wildman–Crippen LogP) is 6.41. The van der Waals surface area contributed by atoms with Crippen molar-refractivity contribution in [3.63, 3.8) is 0 Å². The Morgan fingerprint density at radius 3 is 2.60 bits per heavy atom. The molecule has 5 heteroatoms. The van der Waals surface area contributed by atoms with Gasteiger partial charge in [0.2, 0.25) is 0 Å². The Hall–Kier alpha value is -2.37. The molecule has 1 atom stereocenters. The van der Waals surface area contributed by atoms with Crippen molar-refractivity contribution in [2.24, 2.45) is 5.92 Å². The van der Waals surface area contributed by atoms with E-state index in [2.05, 4.69) is 35.2 Å². The van der Waals surface area contributed by atoms with Crippen LogP contribution >= 0.6 is 0 Å². The number of rotatable bonds is 7. The van der Waals surface area contributed by atoms with Crippen LogP contribution in [0.3, 0.4) is 0 Å². The van der Waals surface area contributed by atoms with Gasteiger partial charge in [0.05, 0.1) is 6.67 Å². The average Bonchev–Trinajstić information content (AvgIpc) is 3.22. The zero-order valence-corrected chi connectivity index (χ0v) is 20.0. The summed E-state index contributed by atoms with van der Waals surface area (Å²) in [5.74, 6) is 1.79. The van der Waals surface area contributed by atoms with E-state index in [-0.39, 0.29) is 20.2 Å². The van der Waals surface area contributed by atoms with Crippen LogP contribution in [0, 0.1) is 5.92 Å². The van der Waals surface area contributed by atoms with Crippen LogP contribution in [0.25, 0.3) is 5.57 Å². The third-order valence-corrected chi connectivity index (χ3v) is 7.57. The van der Waals surface area contributed by atoms with Crippen molar-refractivity contribution in [1.82, 2.24) is 4.90 Å². The van der Waals surface area contributed by atoms with Crippen LogP contribution in [0.2, 0.25) is 0 Å². The third-order valence-electron chi connectivity index (χ3n) is 7.57. The molecular weight excluding hydrogens is 441 g/mol. The van der Waals surface area contributed by atoms with E-state index in [1.807, 2.05) is 12.1 Å². The van der Waals surface area contributed by atoms with Crippen molar-refractivity contribution in [1.29, 1.82) is 0 Å². The first-order chi connectivity index (χ1) is 16.7. The highest BCUT2D eigenvalue weighted by molar-refractivity contribution is 5.85. The second-order valence-corrected chi connectivity index (χ2v) is 9.88. The van der Waals surface area contributed by atoms with Gasteiger partial charge in [0.1, 0.15) is 17.6 Å². The average molecular weight is 482 g/mol. The molecule has 190 valence electrons. The molecule has 35 heavy (non-hydrogen) atoms. The summed E-state index contributed by atoms with van der Waals surface area (Å²) in [6.07, 6.45) is 7.10. The molecule has 2 saturated heterocycles. The van der Waals surface area contributed by atoms with Gasteiger partial charge in [0, 0.05) is 32.8 Å². The number of allylic oxidation sites excluding steroid dienone is 1. The van der Waals surface area contributed by atoms with Crippen LogP contribution in [0.15, 0.2) is 48.0 Å². The number of likely N-dealkylation sites (tertiary alicyclic amines) is 1. The van der Waals surface area contributed by atoms with Crippen molar-refractivity contribution in [3.05, 3.63) is 64.7 Å². The highest BCUT2D eigenvalue weighted by atomic mass is 19.1. The van der Waals surface area contributed by atoms with Crippen LogP contribution in [0.4, 0.5) is 4.39 Å². The lowest BCUT2D eigenvalue weighted by molar-refractivity contribution is 0.0751. The fourth-order valence-corrected chi connectivity index (χ4v) is 5.87. The molecule has 2 aromatic rings. The van der Waals surface area contributed by atoms with Gasteiger partial charge < -0.3 is 14.6 Å². The minimum atomic E-state index is -0.252. The monoisotopic (exact) mass is 481 g/mol. The summed E-state index contributed by atoms with van der Waals surface area (Å²) < 4.78 is 24.4. The molecule has 0 saturated carbocycles. The molecule has 4 nitrogen and oxygen atoms in total. The van der Waals surface area contributed by atoms with Crippen LogP contribution in [0.5, 0.6) is 11.5 Å². The van der Waals surface area contributed by atoms with Crippen molar-refractivity contribution in [2.75, 3.05) is 39.5 Å². The maximum absolute atomic E-state index is 12.5. The van der Waals surface area contributed by atoms with Gasteiger partial charge in [-0.3, -0.25) is 9.29 Å². The zero-order valence-electron chi connectivity index (χ0n) is 20.0. The molecular formula is C30H40FNO3. The summed E-state index contributed by atoms with van der Waals surface area (Å²) in [5, 5.41) is 10.1. The highest BCUT2D eigenvalue weighted by Gasteiger charge is 2.27.